The first-order valence-corrected chi connectivity index (χ1v) is 14.7. The Morgan fingerprint density at radius 1 is 1.05 bits per heavy atom. The van der Waals surface area contributed by atoms with Crippen LogP contribution >= 0.6 is 0 Å². The number of benzene rings is 1. The predicted octanol–water partition coefficient (Wildman–Crippen LogP) is 5.84. The zero-order valence-electron chi connectivity index (χ0n) is 24.7. The fourth-order valence-electron chi connectivity index (χ4n) is 5.38. The molecule has 2 aromatic rings. The fraction of sp³-hybridized carbons (Fsp3) is 0.645. The summed E-state index contributed by atoms with van der Waals surface area (Å²) in [5.41, 5.74) is 1.85. The van der Waals surface area contributed by atoms with Crippen molar-refractivity contribution in [2.24, 2.45) is 17.8 Å². The second-order valence-electron chi connectivity index (χ2n) is 11.2. The van der Waals surface area contributed by atoms with Gasteiger partial charge in [0.2, 0.25) is 5.91 Å². The lowest BCUT2D eigenvalue weighted by Crippen LogP contribution is -2.43. The van der Waals surface area contributed by atoms with E-state index in [0.717, 1.165) is 30.6 Å². The molecule has 2 amide bonds. The number of amides is 2. The zero-order valence-corrected chi connectivity index (χ0v) is 24.7. The van der Waals surface area contributed by atoms with Crippen LogP contribution in [0.3, 0.4) is 0 Å². The van der Waals surface area contributed by atoms with E-state index < -0.39 is 0 Å². The van der Waals surface area contributed by atoms with Crippen molar-refractivity contribution in [1.29, 1.82) is 0 Å². The Kier molecular flexibility index (Phi) is 11.7. The van der Waals surface area contributed by atoms with Crippen molar-refractivity contribution in [3.63, 3.8) is 0 Å². The lowest BCUT2D eigenvalue weighted by Gasteiger charge is -2.24. The van der Waals surface area contributed by atoms with Crippen LogP contribution in [-0.2, 0) is 11.3 Å². The Bertz CT molecular complexity index is 1050. The maximum atomic E-state index is 13.5. The summed E-state index contributed by atoms with van der Waals surface area (Å²) in [5.74, 6) is 2.08. The number of methoxy groups -OCH3 is 2. The van der Waals surface area contributed by atoms with Gasteiger partial charge in [-0.2, -0.15) is 5.10 Å². The highest BCUT2D eigenvalue weighted by atomic mass is 16.5. The Balaban J connectivity index is 1.82. The van der Waals surface area contributed by atoms with Crippen LogP contribution in [0.4, 0.5) is 0 Å². The molecule has 0 aliphatic heterocycles. The molecule has 3 rings (SSSR count). The minimum atomic E-state index is -0.294. The van der Waals surface area contributed by atoms with E-state index in [1.807, 2.05) is 36.7 Å². The molecule has 8 nitrogen and oxygen atoms in total. The first-order chi connectivity index (χ1) is 18.8. The molecule has 0 saturated heterocycles. The molecule has 8 heteroatoms. The van der Waals surface area contributed by atoms with Crippen molar-refractivity contribution in [2.45, 2.75) is 91.6 Å². The molecule has 1 atom stereocenters. The van der Waals surface area contributed by atoms with Gasteiger partial charge in [-0.1, -0.05) is 65.9 Å². The van der Waals surface area contributed by atoms with Gasteiger partial charge in [0.15, 0.2) is 5.69 Å². The lowest BCUT2D eigenvalue weighted by atomic mass is 9.89. The third kappa shape index (κ3) is 8.23. The summed E-state index contributed by atoms with van der Waals surface area (Å²) in [6, 6.07) is 7.15. The number of aromatic nitrogens is 2. The molecular formula is C31H48N4O4. The van der Waals surface area contributed by atoms with Crippen LogP contribution in [-0.4, -0.2) is 48.4 Å². The summed E-state index contributed by atoms with van der Waals surface area (Å²) in [7, 11) is 3.25. The van der Waals surface area contributed by atoms with Crippen LogP contribution in [0.5, 0.6) is 11.5 Å². The molecule has 0 bridgehead atoms. The average Bonchev–Trinajstić information content (AvgIpc) is 3.37. The second-order valence-corrected chi connectivity index (χ2v) is 11.2. The molecule has 1 aliphatic carbocycles. The van der Waals surface area contributed by atoms with Gasteiger partial charge in [-0.3, -0.25) is 14.3 Å². The summed E-state index contributed by atoms with van der Waals surface area (Å²) >= 11 is 0. The highest BCUT2D eigenvalue weighted by Gasteiger charge is 2.26. The first-order valence-electron chi connectivity index (χ1n) is 14.7. The molecule has 0 spiro atoms. The van der Waals surface area contributed by atoms with Crippen LogP contribution in [0, 0.1) is 17.8 Å². The summed E-state index contributed by atoms with van der Waals surface area (Å²) in [5, 5.41) is 11.0. The van der Waals surface area contributed by atoms with Crippen LogP contribution in [0.25, 0.3) is 11.3 Å². The molecule has 1 heterocycles. The van der Waals surface area contributed by atoms with Gasteiger partial charge in [0.1, 0.15) is 11.5 Å². The maximum Gasteiger partial charge on any atom is 0.272 e. The number of carbonyl (C=O) groups is 2. The predicted molar refractivity (Wildman–Crippen MR) is 155 cm³/mol. The summed E-state index contributed by atoms with van der Waals surface area (Å²) in [6.45, 7) is 9.78. The molecule has 1 aromatic heterocycles. The van der Waals surface area contributed by atoms with Crippen molar-refractivity contribution >= 4 is 11.8 Å². The smallest absolute Gasteiger partial charge is 0.272 e. The second kappa shape index (κ2) is 14.9. The maximum absolute atomic E-state index is 13.5. The Morgan fingerprint density at radius 3 is 2.26 bits per heavy atom. The highest BCUT2D eigenvalue weighted by molar-refractivity contribution is 5.94. The van der Waals surface area contributed by atoms with Crippen LogP contribution < -0.4 is 20.1 Å². The molecule has 1 aromatic carbocycles. The molecule has 39 heavy (non-hydrogen) atoms. The van der Waals surface area contributed by atoms with E-state index >= 15 is 0 Å². The lowest BCUT2D eigenvalue weighted by molar-refractivity contribution is -0.122. The fourth-order valence-corrected chi connectivity index (χ4v) is 5.38. The SMILES string of the molecule is CCC(CC)Cn1nc(C(=O)NC(CC(=O)NCC2CCCCC2)C(C)C)cc1-c1c(OC)cccc1OC. The molecule has 2 N–H and O–H groups in total. The Hall–Kier alpha value is -3.03. The largest absolute Gasteiger partial charge is 0.496 e. The van der Waals surface area contributed by atoms with Crippen molar-refractivity contribution in [2.75, 3.05) is 20.8 Å². The van der Waals surface area contributed by atoms with E-state index in [9.17, 15) is 9.59 Å². The number of hydrogen-bond acceptors (Lipinski definition) is 5. The number of nitrogens with one attached hydrogen (secondary N) is 2. The highest BCUT2D eigenvalue weighted by Crippen LogP contribution is 2.39. The van der Waals surface area contributed by atoms with Crippen LogP contribution in [0.1, 0.15) is 89.5 Å². The van der Waals surface area contributed by atoms with Crippen molar-refractivity contribution in [3.8, 4) is 22.8 Å². The third-order valence-electron chi connectivity index (χ3n) is 8.12. The molecule has 1 fully saturated rings. The van der Waals surface area contributed by atoms with Gasteiger partial charge >= 0.3 is 0 Å². The van der Waals surface area contributed by atoms with E-state index in [2.05, 4.69) is 24.5 Å². The Labute approximate surface area is 234 Å². The van der Waals surface area contributed by atoms with Gasteiger partial charge in [-0.15, -0.1) is 0 Å². The minimum Gasteiger partial charge on any atom is -0.496 e. The normalized spacial score (nSPS) is 14.9. The van der Waals surface area contributed by atoms with Crippen LogP contribution in [0.15, 0.2) is 24.3 Å². The van der Waals surface area contributed by atoms with E-state index in [1.54, 1.807) is 20.3 Å². The van der Waals surface area contributed by atoms with E-state index in [1.165, 1.54) is 32.1 Å². The van der Waals surface area contributed by atoms with Gasteiger partial charge in [-0.05, 0) is 48.8 Å². The van der Waals surface area contributed by atoms with E-state index in [-0.39, 0.29) is 30.2 Å². The third-order valence-corrected chi connectivity index (χ3v) is 8.12. The first kappa shape index (κ1) is 30.5. The number of carbonyl (C=O) groups excluding carboxylic acids is 2. The summed E-state index contributed by atoms with van der Waals surface area (Å²) in [6.07, 6.45) is 8.42. The zero-order chi connectivity index (χ0) is 28.4. The topological polar surface area (TPSA) is 94.5 Å². The Morgan fingerprint density at radius 2 is 1.69 bits per heavy atom. The van der Waals surface area contributed by atoms with Gasteiger partial charge in [-0.25, -0.2) is 0 Å². The standard InChI is InChI=1S/C31H48N4O4/c1-7-22(8-2)20-35-26(30-27(38-5)15-12-16-28(30)39-6)17-25(34-35)31(37)33-24(21(3)4)18-29(36)32-19-23-13-10-9-11-14-23/h12,15-17,21-24H,7-11,13-14,18-20H2,1-6H3,(H,32,36)(H,33,37). The summed E-state index contributed by atoms with van der Waals surface area (Å²) < 4.78 is 13.2. The number of ether oxygens (including phenoxy) is 2. The molecule has 1 unspecified atom stereocenters. The van der Waals surface area contributed by atoms with Crippen LogP contribution in [0.2, 0.25) is 0 Å². The van der Waals surface area contributed by atoms with Gasteiger partial charge < -0.3 is 20.1 Å². The molecule has 0 radical (unpaired) electrons. The van der Waals surface area contributed by atoms with Crippen molar-refractivity contribution < 1.29 is 19.1 Å². The monoisotopic (exact) mass is 540 g/mol. The molecule has 216 valence electrons. The average molecular weight is 541 g/mol. The number of nitrogens with zero attached hydrogens (tertiary/aromatic N) is 2. The van der Waals surface area contributed by atoms with E-state index in [0.29, 0.717) is 35.6 Å². The van der Waals surface area contributed by atoms with Crippen molar-refractivity contribution in [3.05, 3.63) is 30.0 Å². The molecule has 1 aliphatic rings. The quantitative estimate of drug-likeness (QED) is 0.314. The molecular weight excluding hydrogens is 492 g/mol. The van der Waals surface area contributed by atoms with Crippen molar-refractivity contribution in [1.82, 2.24) is 20.4 Å². The number of rotatable bonds is 14. The van der Waals surface area contributed by atoms with Gasteiger partial charge in [0.25, 0.3) is 5.91 Å². The minimum absolute atomic E-state index is 0.0155. The van der Waals surface area contributed by atoms with E-state index in [4.69, 9.17) is 14.6 Å². The van der Waals surface area contributed by atoms with Gasteiger partial charge in [0, 0.05) is 25.6 Å². The number of hydrogen-bond donors (Lipinski definition) is 2. The van der Waals surface area contributed by atoms with Gasteiger partial charge in [0.05, 0.1) is 25.5 Å². The molecule has 1 saturated carbocycles. The summed E-state index contributed by atoms with van der Waals surface area (Å²) in [4.78, 5) is 26.3.